The van der Waals surface area contributed by atoms with Crippen LogP contribution in [0.2, 0.25) is 0 Å². The van der Waals surface area contributed by atoms with Gasteiger partial charge in [0.15, 0.2) is 5.65 Å². The minimum absolute atomic E-state index is 0.217. The van der Waals surface area contributed by atoms with Gasteiger partial charge >= 0.3 is 17.9 Å². The third-order valence-corrected chi connectivity index (χ3v) is 4.42. The first kappa shape index (κ1) is 21.3. The van der Waals surface area contributed by atoms with Gasteiger partial charge in [-0.2, -0.15) is 17.7 Å². The Hall–Kier alpha value is -3.37. The summed E-state index contributed by atoms with van der Waals surface area (Å²) in [6, 6.07) is 3.94. The number of aromatic nitrogens is 4. The molecule has 160 valence electrons. The second kappa shape index (κ2) is 8.17. The SMILES string of the molecule is CN(C)C(=O)n1c(=O)n(C)c2cnc(CCCOc3ccc(C(F)(F)F)cc3)nc21. The summed E-state index contributed by atoms with van der Waals surface area (Å²) in [6.07, 6.45) is -2.02. The molecule has 0 fully saturated rings. The van der Waals surface area contributed by atoms with Gasteiger partial charge in [-0.15, -0.1) is 0 Å². The Balaban J connectivity index is 1.67. The van der Waals surface area contributed by atoms with Crippen LogP contribution in [-0.2, 0) is 19.6 Å². The fraction of sp³-hybridized carbons (Fsp3) is 0.368. The predicted molar refractivity (Wildman–Crippen MR) is 103 cm³/mol. The van der Waals surface area contributed by atoms with E-state index in [1.165, 1.54) is 48.9 Å². The van der Waals surface area contributed by atoms with Gasteiger partial charge in [0, 0.05) is 27.6 Å². The van der Waals surface area contributed by atoms with E-state index in [4.69, 9.17) is 4.74 Å². The van der Waals surface area contributed by atoms with Crippen LogP contribution in [0.15, 0.2) is 35.3 Å². The number of halogens is 3. The van der Waals surface area contributed by atoms with Crippen molar-refractivity contribution < 1.29 is 22.7 Å². The van der Waals surface area contributed by atoms with Crippen molar-refractivity contribution in [2.24, 2.45) is 7.05 Å². The first-order valence-electron chi connectivity index (χ1n) is 9.04. The van der Waals surface area contributed by atoms with E-state index in [0.717, 1.165) is 16.7 Å². The van der Waals surface area contributed by atoms with E-state index in [1.54, 1.807) is 0 Å². The Morgan fingerprint density at radius 1 is 1.20 bits per heavy atom. The number of carbonyl (C=O) groups excluding carboxylic acids is 1. The van der Waals surface area contributed by atoms with Gasteiger partial charge in [-0.25, -0.2) is 19.6 Å². The normalized spacial score (nSPS) is 11.7. The molecule has 3 rings (SSSR count). The van der Waals surface area contributed by atoms with E-state index in [9.17, 15) is 22.8 Å². The molecule has 0 radical (unpaired) electrons. The average Bonchev–Trinajstić information content (AvgIpc) is 2.94. The van der Waals surface area contributed by atoms with Gasteiger partial charge in [0.05, 0.1) is 18.4 Å². The van der Waals surface area contributed by atoms with Crippen molar-refractivity contribution in [3.8, 4) is 5.75 Å². The molecule has 11 heteroatoms. The summed E-state index contributed by atoms with van der Waals surface area (Å²) in [6.45, 7) is 0.241. The molecule has 3 aromatic rings. The number of aryl methyl sites for hydroxylation is 2. The predicted octanol–water partition coefficient (Wildman–Crippen LogP) is 2.69. The average molecular weight is 423 g/mol. The number of nitrogens with zero attached hydrogens (tertiary/aromatic N) is 5. The van der Waals surface area contributed by atoms with Crippen molar-refractivity contribution >= 4 is 17.2 Å². The highest BCUT2D eigenvalue weighted by Gasteiger charge is 2.30. The highest BCUT2D eigenvalue weighted by Crippen LogP contribution is 2.30. The lowest BCUT2D eigenvalue weighted by atomic mass is 10.2. The number of fused-ring (bicyclic) bond motifs is 1. The second-order valence-corrected chi connectivity index (χ2v) is 6.82. The fourth-order valence-electron chi connectivity index (χ4n) is 2.80. The maximum Gasteiger partial charge on any atom is 0.416 e. The van der Waals surface area contributed by atoms with Gasteiger partial charge in [-0.1, -0.05) is 0 Å². The molecule has 0 N–H and O–H groups in total. The van der Waals surface area contributed by atoms with Crippen molar-refractivity contribution in [2.45, 2.75) is 19.0 Å². The number of rotatable bonds is 5. The summed E-state index contributed by atoms with van der Waals surface area (Å²) in [7, 11) is 4.60. The van der Waals surface area contributed by atoms with Crippen LogP contribution < -0.4 is 10.4 Å². The molecule has 0 aliphatic carbocycles. The van der Waals surface area contributed by atoms with Crippen molar-refractivity contribution in [2.75, 3.05) is 20.7 Å². The summed E-state index contributed by atoms with van der Waals surface area (Å²) in [5.41, 5.74) is -0.603. The van der Waals surface area contributed by atoms with Gasteiger partial charge in [0.1, 0.15) is 17.1 Å². The largest absolute Gasteiger partial charge is 0.494 e. The van der Waals surface area contributed by atoms with Gasteiger partial charge in [-0.05, 0) is 30.7 Å². The topological polar surface area (TPSA) is 82.2 Å². The molecule has 8 nitrogen and oxygen atoms in total. The van der Waals surface area contributed by atoms with Crippen molar-refractivity contribution in [1.29, 1.82) is 0 Å². The van der Waals surface area contributed by atoms with E-state index < -0.39 is 23.5 Å². The fourth-order valence-corrected chi connectivity index (χ4v) is 2.80. The van der Waals surface area contributed by atoms with Crippen LogP contribution in [0, 0.1) is 0 Å². The maximum absolute atomic E-state index is 12.6. The Morgan fingerprint density at radius 3 is 2.47 bits per heavy atom. The lowest BCUT2D eigenvalue weighted by Crippen LogP contribution is -2.35. The Kier molecular flexibility index (Phi) is 5.81. The molecule has 0 spiro atoms. The molecule has 0 atom stereocenters. The molecule has 2 aromatic heterocycles. The van der Waals surface area contributed by atoms with Crippen molar-refractivity contribution in [3.63, 3.8) is 0 Å². The third-order valence-electron chi connectivity index (χ3n) is 4.42. The second-order valence-electron chi connectivity index (χ2n) is 6.82. The summed E-state index contributed by atoms with van der Waals surface area (Å²) in [4.78, 5) is 34.5. The van der Waals surface area contributed by atoms with Crippen LogP contribution in [0.4, 0.5) is 18.0 Å². The van der Waals surface area contributed by atoms with E-state index in [1.807, 2.05) is 0 Å². The number of benzene rings is 1. The zero-order chi connectivity index (χ0) is 22.1. The molecule has 1 aromatic carbocycles. The molecule has 0 aliphatic heterocycles. The molecular weight excluding hydrogens is 403 g/mol. The molecule has 0 bridgehead atoms. The quantitative estimate of drug-likeness (QED) is 0.590. The Bertz CT molecular complexity index is 1120. The molecule has 30 heavy (non-hydrogen) atoms. The molecule has 0 unspecified atom stereocenters. The van der Waals surface area contributed by atoms with E-state index >= 15 is 0 Å². The number of hydrogen-bond acceptors (Lipinski definition) is 5. The van der Waals surface area contributed by atoms with Gasteiger partial charge in [0.2, 0.25) is 0 Å². The summed E-state index contributed by atoms with van der Waals surface area (Å²) in [5, 5.41) is 0. The summed E-state index contributed by atoms with van der Waals surface area (Å²) in [5.74, 6) is 0.747. The van der Waals surface area contributed by atoms with Crippen LogP contribution >= 0.6 is 0 Å². The number of alkyl halides is 3. The minimum Gasteiger partial charge on any atom is -0.494 e. The standard InChI is InChI=1S/C19H20F3N5O3/c1-25(2)17(28)27-16-14(26(3)18(27)29)11-23-15(24-16)5-4-10-30-13-8-6-12(7-9-13)19(20,21)22/h6-9,11H,4-5,10H2,1-3H3. The molecule has 0 saturated heterocycles. The monoisotopic (exact) mass is 423 g/mol. The molecular formula is C19H20F3N5O3. The van der Waals surface area contributed by atoms with E-state index in [0.29, 0.717) is 29.9 Å². The lowest BCUT2D eigenvalue weighted by Gasteiger charge is -2.10. The molecule has 0 saturated carbocycles. The van der Waals surface area contributed by atoms with Crippen molar-refractivity contribution in [1.82, 2.24) is 24.0 Å². The summed E-state index contributed by atoms with van der Waals surface area (Å²) >= 11 is 0. The zero-order valence-corrected chi connectivity index (χ0v) is 16.6. The number of amides is 1. The van der Waals surface area contributed by atoms with Gasteiger partial charge < -0.3 is 9.64 Å². The van der Waals surface area contributed by atoms with E-state index in [-0.39, 0.29) is 12.3 Å². The third kappa shape index (κ3) is 4.29. The van der Waals surface area contributed by atoms with Crippen LogP contribution in [0.25, 0.3) is 11.2 Å². The van der Waals surface area contributed by atoms with Gasteiger partial charge in [-0.3, -0.25) is 4.57 Å². The number of carbonyl (C=O) groups is 1. The first-order chi connectivity index (χ1) is 14.1. The lowest BCUT2D eigenvalue weighted by molar-refractivity contribution is -0.137. The van der Waals surface area contributed by atoms with Crippen LogP contribution in [0.3, 0.4) is 0 Å². The Labute approximate surface area is 169 Å². The smallest absolute Gasteiger partial charge is 0.416 e. The van der Waals surface area contributed by atoms with Crippen LogP contribution in [-0.4, -0.2) is 50.7 Å². The van der Waals surface area contributed by atoms with Crippen LogP contribution in [0.1, 0.15) is 17.8 Å². The first-order valence-corrected chi connectivity index (χ1v) is 9.04. The highest BCUT2D eigenvalue weighted by atomic mass is 19.4. The zero-order valence-electron chi connectivity index (χ0n) is 16.6. The highest BCUT2D eigenvalue weighted by molar-refractivity contribution is 5.86. The molecule has 1 amide bonds. The molecule has 0 aliphatic rings. The van der Waals surface area contributed by atoms with E-state index in [2.05, 4.69) is 9.97 Å². The number of hydrogen-bond donors (Lipinski definition) is 0. The minimum atomic E-state index is -4.39. The Morgan fingerprint density at radius 2 is 1.87 bits per heavy atom. The number of imidazole rings is 1. The van der Waals surface area contributed by atoms with Crippen molar-refractivity contribution in [3.05, 3.63) is 52.3 Å². The van der Waals surface area contributed by atoms with Gasteiger partial charge in [0.25, 0.3) is 0 Å². The summed E-state index contributed by atoms with van der Waals surface area (Å²) < 4.78 is 45.5. The number of ether oxygens (including phenoxy) is 1. The molecule has 2 heterocycles. The maximum atomic E-state index is 12.6. The van der Waals surface area contributed by atoms with Crippen LogP contribution in [0.5, 0.6) is 5.75 Å².